The number of hydrogen-bond acceptors (Lipinski definition) is 7. The number of aliphatic hydroxyl groups excluding tert-OH is 2. The van der Waals surface area contributed by atoms with Gasteiger partial charge in [0.25, 0.3) is 11.8 Å². The SMILES string of the molecule is CC(C)CC(NC(=O)C1(O)CC(O)C(O)C(NC(=O)c2cccnc2)C1)C(N)=O. The molecule has 10 nitrogen and oxygen atoms in total. The van der Waals surface area contributed by atoms with Crippen LogP contribution in [0.15, 0.2) is 24.5 Å². The smallest absolute Gasteiger partial charge is 0.253 e. The summed E-state index contributed by atoms with van der Waals surface area (Å²) in [6, 6.07) is 0.984. The largest absolute Gasteiger partial charge is 0.390 e. The number of pyridine rings is 1. The highest BCUT2D eigenvalue weighted by Crippen LogP contribution is 2.30. The zero-order valence-corrected chi connectivity index (χ0v) is 16.4. The van der Waals surface area contributed by atoms with Crippen LogP contribution in [0.5, 0.6) is 0 Å². The van der Waals surface area contributed by atoms with Crippen LogP contribution >= 0.6 is 0 Å². The summed E-state index contributed by atoms with van der Waals surface area (Å²) in [4.78, 5) is 40.5. The van der Waals surface area contributed by atoms with Crippen molar-refractivity contribution in [3.8, 4) is 0 Å². The van der Waals surface area contributed by atoms with Gasteiger partial charge in [-0.3, -0.25) is 19.4 Å². The van der Waals surface area contributed by atoms with Gasteiger partial charge < -0.3 is 31.7 Å². The highest BCUT2D eigenvalue weighted by Gasteiger charge is 2.49. The molecule has 1 aliphatic rings. The number of nitrogens with two attached hydrogens (primary N) is 1. The topological polar surface area (TPSA) is 175 Å². The summed E-state index contributed by atoms with van der Waals surface area (Å²) in [6.45, 7) is 3.70. The molecule has 0 radical (unpaired) electrons. The number of nitrogens with one attached hydrogen (secondary N) is 2. The first-order valence-corrected chi connectivity index (χ1v) is 9.43. The molecule has 5 atom stereocenters. The van der Waals surface area contributed by atoms with Crippen molar-refractivity contribution < 1.29 is 29.7 Å². The van der Waals surface area contributed by atoms with E-state index in [0.29, 0.717) is 0 Å². The van der Waals surface area contributed by atoms with Crippen molar-refractivity contribution in [2.24, 2.45) is 11.7 Å². The van der Waals surface area contributed by atoms with Gasteiger partial charge in [-0.05, 0) is 24.5 Å². The number of rotatable bonds is 7. The van der Waals surface area contributed by atoms with Gasteiger partial charge in [-0.2, -0.15) is 0 Å². The molecule has 1 saturated carbocycles. The molecule has 10 heteroatoms. The second-order valence-electron chi connectivity index (χ2n) is 7.88. The third-order valence-corrected chi connectivity index (χ3v) is 4.93. The van der Waals surface area contributed by atoms with E-state index in [-0.39, 0.29) is 24.3 Å². The predicted molar refractivity (Wildman–Crippen MR) is 102 cm³/mol. The summed E-state index contributed by atoms with van der Waals surface area (Å²) in [6.07, 6.45) is -0.553. The number of hydrogen-bond donors (Lipinski definition) is 6. The van der Waals surface area contributed by atoms with E-state index in [2.05, 4.69) is 15.6 Å². The molecule has 1 aromatic rings. The van der Waals surface area contributed by atoms with E-state index in [0.717, 1.165) is 0 Å². The molecule has 0 saturated heterocycles. The second kappa shape index (κ2) is 9.29. The summed E-state index contributed by atoms with van der Waals surface area (Å²) in [5.41, 5.74) is 3.45. The molecule has 3 amide bonds. The van der Waals surface area contributed by atoms with Crippen LogP contribution in [0.3, 0.4) is 0 Å². The molecule has 1 aliphatic carbocycles. The predicted octanol–water partition coefficient (Wildman–Crippen LogP) is -1.56. The van der Waals surface area contributed by atoms with Gasteiger partial charge in [-0.25, -0.2) is 0 Å². The quantitative estimate of drug-likeness (QED) is 0.316. The Bertz CT molecular complexity index is 743. The molecule has 0 spiro atoms. The van der Waals surface area contributed by atoms with E-state index in [9.17, 15) is 29.7 Å². The summed E-state index contributed by atoms with van der Waals surface area (Å²) in [5, 5.41) is 36.2. The minimum atomic E-state index is -2.10. The van der Waals surface area contributed by atoms with Crippen LogP contribution in [0.2, 0.25) is 0 Å². The summed E-state index contributed by atoms with van der Waals surface area (Å²) in [7, 11) is 0. The Morgan fingerprint density at radius 1 is 1.31 bits per heavy atom. The number of aromatic nitrogens is 1. The van der Waals surface area contributed by atoms with Gasteiger partial charge in [-0.15, -0.1) is 0 Å². The average molecular weight is 408 g/mol. The molecular weight excluding hydrogens is 380 g/mol. The van der Waals surface area contributed by atoms with Crippen molar-refractivity contribution in [1.82, 2.24) is 15.6 Å². The van der Waals surface area contributed by atoms with Gasteiger partial charge >= 0.3 is 0 Å². The Labute approximate surface area is 168 Å². The monoisotopic (exact) mass is 408 g/mol. The number of carbonyl (C=O) groups excluding carboxylic acids is 3. The Morgan fingerprint density at radius 3 is 2.55 bits per heavy atom. The normalized spacial score (nSPS) is 27.9. The molecule has 160 valence electrons. The molecule has 5 unspecified atom stereocenters. The lowest BCUT2D eigenvalue weighted by Gasteiger charge is -2.41. The summed E-state index contributed by atoms with van der Waals surface area (Å²) < 4.78 is 0. The van der Waals surface area contributed by atoms with Crippen molar-refractivity contribution in [3.63, 3.8) is 0 Å². The molecule has 7 N–H and O–H groups in total. The van der Waals surface area contributed by atoms with Crippen LogP contribution in [0, 0.1) is 5.92 Å². The third-order valence-electron chi connectivity index (χ3n) is 4.93. The van der Waals surface area contributed by atoms with Gasteiger partial charge in [-0.1, -0.05) is 13.8 Å². The lowest BCUT2D eigenvalue weighted by molar-refractivity contribution is -0.159. The van der Waals surface area contributed by atoms with E-state index in [1.165, 1.54) is 18.5 Å². The Kier molecular flexibility index (Phi) is 7.28. The van der Waals surface area contributed by atoms with Gasteiger partial charge in [0.2, 0.25) is 5.91 Å². The van der Waals surface area contributed by atoms with Crippen LogP contribution in [-0.4, -0.2) is 67.9 Å². The fraction of sp³-hybridized carbons (Fsp3) is 0.579. The first-order valence-electron chi connectivity index (χ1n) is 9.43. The molecule has 0 aliphatic heterocycles. The second-order valence-corrected chi connectivity index (χ2v) is 7.88. The maximum atomic E-state index is 12.7. The minimum absolute atomic E-state index is 0.0627. The first-order chi connectivity index (χ1) is 13.5. The number of nitrogens with zero attached hydrogens (tertiary/aromatic N) is 1. The Hall–Kier alpha value is -2.56. The molecule has 1 heterocycles. The minimum Gasteiger partial charge on any atom is -0.390 e. The number of amides is 3. The standard InChI is InChI=1S/C19H28N4O6/c1-10(2)6-12(16(20)26)23-18(28)19(29)7-13(15(25)14(24)8-19)22-17(27)11-4-3-5-21-9-11/h3-5,9-10,12-15,24-25,29H,6-8H2,1-2H3,(H2,20,26)(H,22,27)(H,23,28). The lowest BCUT2D eigenvalue weighted by atomic mass is 9.77. The molecule has 2 rings (SSSR count). The van der Waals surface area contributed by atoms with Gasteiger partial charge in [0.1, 0.15) is 17.7 Å². The highest BCUT2D eigenvalue weighted by atomic mass is 16.3. The maximum Gasteiger partial charge on any atom is 0.253 e. The van der Waals surface area contributed by atoms with Crippen LogP contribution in [0.4, 0.5) is 0 Å². The van der Waals surface area contributed by atoms with Crippen LogP contribution in [-0.2, 0) is 9.59 Å². The maximum absolute atomic E-state index is 12.7. The Balaban J connectivity index is 2.14. The fourth-order valence-electron chi connectivity index (χ4n) is 3.38. The zero-order chi connectivity index (χ0) is 21.8. The van der Waals surface area contributed by atoms with Crippen molar-refractivity contribution in [1.29, 1.82) is 0 Å². The lowest BCUT2D eigenvalue weighted by Crippen LogP contribution is -2.64. The molecule has 0 bridgehead atoms. The van der Waals surface area contributed by atoms with Crippen LogP contribution in [0.25, 0.3) is 0 Å². The number of primary amides is 1. The molecule has 1 aromatic heterocycles. The third kappa shape index (κ3) is 5.72. The highest BCUT2D eigenvalue weighted by molar-refractivity contribution is 5.94. The van der Waals surface area contributed by atoms with E-state index in [4.69, 9.17) is 5.73 Å². The van der Waals surface area contributed by atoms with Gasteiger partial charge in [0.15, 0.2) is 0 Å². The fourth-order valence-corrected chi connectivity index (χ4v) is 3.38. The van der Waals surface area contributed by atoms with Crippen molar-refractivity contribution in [2.75, 3.05) is 0 Å². The molecule has 29 heavy (non-hydrogen) atoms. The first kappa shape index (κ1) is 22.7. The Morgan fingerprint density at radius 2 is 2.00 bits per heavy atom. The average Bonchev–Trinajstić information content (AvgIpc) is 2.65. The van der Waals surface area contributed by atoms with Crippen molar-refractivity contribution >= 4 is 17.7 Å². The molecule has 1 fully saturated rings. The zero-order valence-electron chi connectivity index (χ0n) is 16.4. The van der Waals surface area contributed by atoms with E-state index < -0.39 is 54.0 Å². The van der Waals surface area contributed by atoms with Crippen molar-refractivity contribution in [2.45, 2.75) is 63.0 Å². The van der Waals surface area contributed by atoms with Gasteiger partial charge in [0, 0.05) is 25.2 Å². The number of aliphatic hydroxyl groups is 3. The van der Waals surface area contributed by atoms with Gasteiger partial charge in [0.05, 0.1) is 17.7 Å². The van der Waals surface area contributed by atoms with E-state index in [1.54, 1.807) is 6.07 Å². The molecule has 0 aromatic carbocycles. The van der Waals surface area contributed by atoms with E-state index >= 15 is 0 Å². The summed E-state index contributed by atoms with van der Waals surface area (Å²) >= 11 is 0. The van der Waals surface area contributed by atoms with Crippen molar-refractivity contribution in [3.05, 3.63) is 30.1 Å². The van der Waals surface area contributed by atoms with Crippen LogP contribution < -0.4 is 16.4 Å². The summed E-state index contributed by atoms with van der Waals surface area (Å²) in [5.74, 6) is -2.15. The number of carbonyl (C=O) groups is 3. The van der Waals surface area contributed by atoms with E-state index in [1.807, 2.05) is 13.8 Å². The van der Waals surface area contributed by atoms with Crippen LogP contribution in [0.1, 0.15) is 43.5 Å². The molecular formula is C19H28N4O6.